The van der Waals surface area contributed by atoms with Gasteiger partial charge in [-0.05, 0) is 61.5 Å². The highest BCUT2D eigenvalue weighted by Crippen LogP contribution is 2.24. The van der Waals surface area contributed by atoms with Gasteiger partial charge in [-0.15, -0.1) is 0 Å². The average molecular weight is 444 g/mol. The summed E-state index contributed by atoms with van der Waals surface area (Å²) in [4.78, 5) is 0.929. The molecule has 1 fully saturated rings. The zero-order valence-corrected chi connectivity index (χ0v) is 17.5. The topological polar surface area (TPSA) is 52.6 Å². The predicted octanol–water partition coefficient (Wildman–Crippen LogP) is 3.42. The molecule has 0 atom stereocenters. The van der Waals surface area contributed by atoms with Crippen LogP contribution >= 0.6 is 12.2 Å². The Labute approximate surface area is 173 Å². The molecule has 156 valence electrons. The van der Waals surface area contributed by atoms with Crippen molar-refractivity contribution in [2.45, 2.75) is 18.7 Å². The number of piperazine rings is 1. The minimum Gasteiger partial charge on any atom is -0.346 e. The van der Waals surface area contributed by atoms with E-state index in [0.717, 1.165) is 27.2 Å². The molecular formula is C19H20F3N3O2S2. The lowest BCUT2D eigenvalue weighted by molar-refractivity contribution is 0.267. The molecule has 0 radical (unpaired) electrons. The van der Waals surface area contributed by atoms with Gasteiger partial charge in [0.25, 0.3) is 0 Å². The molecule has 0 unspecified atom stereocenters. The highest BCUT2D eigenvalue weighted by atomic mass is 32.2. The van der Waals surface area contributed by atoms with Crippen molar-refractivity contribution in [2.75, 3.05) is 31.5 Å². The van der Waals surface area contributed by atoms with Gasteiger partial charge in [-0.3, -0.25) is 0 Å². The van der Waals surface area contributed by atoms with E-state index >= 15 is 0 Å². The van der Waals surface area contributed by atoms with Gasteiger partial charge in [-0.2, -0.15) is 4.31 Å². The SMILES string of the molecule is Cc1ccc(NC(=S)N2CCN(S(=O)(=O)c3ccc(F)c(F)c3F)CC2)cc1C. The van der Waals surface area contributed by atoms with E-state index in [1.54, 1.807) is 4.90 Å². The molecule has 1 N–H and O–H groups in total. The number of hydrogen-bond acceptors (Lipinski definition) is 3. The number of hydrogen-bond donors (Lipinski definition) is 1. The normalized spacial score (nSPS) is 15.4. The summed E-state index contributed by atoms with van der Waals surface area (Å²) in [6.45, 7) is 4.63. The van der Waals surface area contributed by atoms with E-state index in [1.165, 1.54) is 0 Å². The fourth-order valence-electron chi connectivity index (χ4n) is 3.00. The van der Waals surface area contributed by atoms with E-state index in [2.05, 4.69) is 5.32 Å². The van der Waals surface area contributed by atoms with E-state index in [1.807, 2.05) is 32.0 Å². The summed E-state index contributed by atoms with van der Waals surface area (Å²) in [5.41, 5.74) is 3.10. The van der Waals surface area contributed by atoms with Crippen molar-refractivity contribution in [1.82, 2.24) is 9.21 Å². The molecule has 10 heteroatoms. The number of benzene rings is 2. The van der Waals surface area contributed by atoms with Crippen LogP contribution in [0, 0.1) is 31.3 Å². The Bertz CT molecular complexity index is 1050. The summed E-state index contributed by atoms with van der Waals surface area (Å²) < 4.78 is 66.8. The third-order valence-corrected chi connectivity index (χ3v) is 7.18. The summed E-state index contributed by atoms with van der Waals surface area (Å²) in [6, 6.07) is 7.18. The quantitative estimate of drug-likeness (QED) is 0.582. The zero-order chi connectivity index (χ0) is 21.3. The molecule has 2 aromatic carbocycles. The summed E-state index contributed by atoms with van der Waals surface area (Å²) >= 11 is 5.41. The maximum absolute atomic E-state index is 14.0. The monoisotopic (exact) mass is 443 g/mol. The van der Waals surface area contributed by atoms with Gasteiger partial charge in [0.05, 0.1) is 0 Å². The van der Waals surface area contributed by atoms with Crippen molar-refractivity contribution in [3.8, 4) is 0 Å². The maximum atomic E-state index is 14.0. The zero-order valence-electron chi connectivity index (χ0n) is 15.9. The van der Waals surface area contributed by atoms with Gasteiger partial charge in [0.2, 0.25) is 10.0 Å². The Balaban J connectivity index is 1.67. The second-order valence-electron chi connectivity index (χ2n) is 6.79. The molecular weight excluding hydrogens is 423 g/mol. The Kier molecular flexibility index (Phi) is 6.16. The molecule has 1 saturated heterocycles. The molecule has 3 rings (SSSR count). The van der Waals surface area contributed by atoms with Crippen LogP contribution in [0.2, 0.25) is 0 Å². The molecule has 1 aliphatic rings. The van der Waals surface area contributed by atoms with Crippen LogP contribution < -0.4 is 5.32 Å². The van der Waals surface area contributed by atoms with Crippen LogP contribution in [0.25, 0.3) is 0 Å². The van der Waals surface area contributed by atoms with Crippen molar-refractivity contribution >= 4 is 33.0 Å². The number of nitrogens with one attached hydrogen (secondary N) is 1. The van der Waals surface area contributed by atoms with Crippen molar-refractivity contribution in [3.05, 3.63) is 58.9 Å². The van der Waals surface area contributed by atoms with Crippen LogP contribution in [-0.2, 0) is 10.0 Å². The van der Waals surface area contributed by atoms with Gasteiger partial charge in [0.15, 0.2) is 22.6 Å². The van der Waals surface area contributed by atoms with Crippen molar-refractivity contribution in [1.29, 1.82) is 0 Å². The minimum absolute atomic E-state index is 0.0372. The van der Waals surface area contributed by atoms with Crippen molar-refractivity contribution in [3.63, 3.8) is 0 Å². The summed E-state index contributed by atoms with van der Waals surface area (Å²) in [6.07, 6.45) is 0. The third kappa shape index (κ3) is 4.39. The molecule has 29 heavy (non-hydrogen) atoms. The van der Waals surface area contributed by atoms with Crippen LogP contribution in [0.15, 0.2) is 35.2 Å². The molecule has 1 heterocycles. The molecule has 1 aliphatic heterocycles. The first kappa shape index (κ1) is 21.5. The standard InChI is InChI=1S/C19H20F3N3O2S2/c1-12-3-4-14(11-13(12)2)23-19(28)24-7-9-25(10-8-24)29(26,27)16-6-5-15(20)17(21)18(16)22/h3-6,11H,7-10H2,1-2H3,(H,23,28). The molecule has 0 bridgehead atoms. The highest BCUT2D eigenvalue weighted by Gasteiger charge is 2.33. The van der Waals surface area contributed by atoms with Crippen molar-refractivity contribution in [2.24, 2.45) is 0 Å². The third-order valence-electron chi connectivity index (χ3n) is 4.90. The lowest BCUT2D eigenvalue weighted by Crippen LogP contribution is -2.51. The first-order chi connectivity index (χ1) is 13.6. The van der Waals surface area contributed by atoms with E-state index in [0.29, 0.717) is 11.2 Å². The molecule has 0 spiro atoms. The van der Waals surface area contributed by atoms with Gasteiger partial charge >= 0.3 is 0 Å². The molecule has 0 aromatic heterocycles. The number of halogens is 3. The van der Waals surface area contributed by atoms with Crippen LogP contribution in [-0.4, -0.2) is 48.9 Å². The molecule has 5 nitrogen and oxygen atoms in total. The number of rotatable bonds is 3. The highest BCUT2D eigenvalue weighted by molar-refractivity contribution is 7.89. The van der Waals surface area contributed by atoms with Crippen molar-refractivity contribution < 1.29 is 21.6 Å². The van der Waals surface area contributed by atoms with Crippen LogP contribution in [0.4, 0.5) is 18.9 Å². The molecule has 2 aromatic rings. The lowest BCUT2D eigenvalue weighted by atomic mass is 10.1. The molecule has 0 saturated carbocycles. The number of sulfonamides is 1. The number of nitrogens with zero attached hydrogens (tertiary/aromatic N) is 2. The van der Waals surface area contributed by atoms with E-state index in [4.69, 9.17) is 12.2 Å². The molecule has 0 aliphatic carbocycles. The van der Waals surface area contributed by atoms with E-state index in [9.17, 15) is 21.6 Å². The summed E-state index contributed by atoms with van der Waals surface area (Å²) in [7, 11) is -4.29. The van der Waals surface area contributed by atoms with Crippen LogP contribution in [0.3, 0.4) is 0 Å². The Hall–Kier alpha value is -2.17. The Morgan fingerprint density at radius 2 is 1.62 bits per heavy atom. The smallest absolute Gasteiger partial charge is 0.246 e. The Morgan fingerprint density at radius 1 is 0.966 bits per heavy atom. The summed E-state index contributed by atoms with van der Waals surface area (Å²) in [5, 5.41) is 3.57. The maximum Gasteiger partial charge on any atom is 0.246 e. The van der Waals surface area contributed by atoms with E-state index < -0.39 is 32.4 Å². The van der Waals surface area contributed by atoms with Crippen LogP contribution in [0.1, 0.15) is 11.1 Å². The largest absolute Gasteiger partial charge is 0.346 e. The number of anilines is 1. The van der Waals surface area contributed by atoms with Crippen LogP contribution in [0.5, 0.6) is 0 Å². The van der Waals surface area contributed by atoms with Gasteiger partial charge < -0.3 is 10.2 Å². The summed E-state index contributed by atoms with van der Waals surface area (Å²) in [5.74, 6) is -4.95. The fraction of sp³-hybridized carbons (Fsp3) is 0.316. The lowest BCUT2D eigenvalue weighted by Gasteiger charge is -2.35. The second-order valence-corrected chi connectivity index (χ2v) is 9.09. The predicted molar refractivity (Wildman–Crippen MR) is 109 cm³/mol. The number of thiocarbonyl (C=S) groups is 1. The Morgan fingerprint density at radius 3 is 2.24 bits per heavy atom. The fourth-order valence-corrected chi connectivity index (χ4v) is 4.78. The molecule has 0 amide bonds. The minimum atomic E-state index is -4.29. The van der Waals surface area contributed by atoms with E-state index in [-0.39, 0.29) is 26.2 Å². The first-order valence-electron chi connectivity index (χ1n) is 8.88. The number of aryl methyl sites for hydroxylation is 2. The average Bonchev–Trinajstić information content (AvgIpc) is 2.69. The van der Waals surface area contributed by atoms with Gasteiger partial charge in [0, 0.05) is 31.9 Å². The van der Waals surface area contributed by atoms with Gasteiger partial charge in [-0.25, -0.2) is 21.6 Å². The van der Waals surface area contributed by atoms with Gasteiger partial charge in [-0.1, -0.05) is 6.07 Å². The second kappa shape index (κ2) is 8.29. The van der Waals surface area contributed by atoms with Gasteiger partial charge in [0.1, 0.15) is 4.90 Å². The first-order valence-corrected chi connectivity index (χ1v) is 10.7.